The molecule has 6 heteroatoms. The first-order valence-corrected chi connectivity index (χ1v) is 21.6. The first kappa shape index (κ1) is 36.1. The van der Waals surface area contributed by atoms with Crippen molar-refractivity contribution in [2.75, 3.05) is 17.8 Å². The predicted octanol–water partition coefficient (Wildman–Crippen LogP) is 13.8. The molecule has 0 aliphatic rings. The van der Waals surface area contributed by atoms with Crippen LogP contribution >= 0.6 is 23.5 Å². The Bertz CT molecular complexity index is 2660. The van der Waals surface area contributed by atoms with Crippen molar-refractivity contribution in [2.45, 2.75) is 38.5 Å². The Morgan fingerprint density at radius 3 is 1.18 bits per heavy atom. The summed E-state index contributed by atoms with van der Waals surface area (Å²) in [6.07, 6.45) is 4.36. The summed E-state index contributed by atoms with van der Waals surface area (Å²) in [4.78, 5) is 1.06. The number of unbranched alkanes of at least 4 members (excludes halogenated alkanes) is 1. The van der Waals surface area contributed by atoms with E-state index < -0.39 is 0 Å². The molecule has 2 heterocycles. The number of para-hydroxylation sites is 4. The molecule has 0 fully saturated rings. The summed E-state index contributed by atoms with van der Waals surface area (Å²) >= 11 is 3.70. The van der Waals surface area contributed by atoms with Crippen LogP contribution in [-0.2, 0) is 0 Å². The molecular formula is C50H44N2O2S2. The summed E-state index contributed by atoms with van der Waals surface area (Å²) in [6.45, 7) is 6.33. The van der Waals surface area contributed by atoms with Crippen molar-refractivity contribution in [1.82, 2.24) is 9.13 Å². The van der Waals surface area contributed by atoms with E-state index in [1.165, 1.54) is 0 Å². The summed E-state index contributed by atoms with van der Waals surface area (Å²) in [5.41, 5.74) is 12.4. The number of phenols is 2. The summed E-state index contributed by atoms with van der Waals surface area (Å²) in [6, 6.07) is 46.5. The summed E-state index contributed by atoms with van der Waals surface area (Å²) in [5, 5.41) is 29.7. The number of hydrogen-bond acceptors (Lipinski definition) is 4. The summed E-state index contributed by atoms with van der Waals surface area (Å²) < 4.78 is 4.40. The van der Waals surface area contributed by atoms with Gasteiger partial charge in [-0.15, -0.1) is 11.8 Å². The predicted molar refractivity (Wildman–Crippen MR) is 242 cm³/mol. The number of hydrogen-bond donors (Lipinski definition) is 2. The topological polar surface area (TPSA) is 50.3 Å². The lowest BCUT2D eigenvalue weighted by atomic mass is 9.93. The van der Waals surface area contributed by atoms with Crippen LogP contribution in [0.25, 0.3) is 77.2 Å². The van der Waals surface area contributed by atoms with Crippen LogP contribution in [0.3, 0.4) is 0 Å². The van der Waals surface area contributed by atoms with Crippen molar-refractivity contribution in [2.24, 2.45) is 0 Å². The highest BCUT2D eigenvalue weighted by molar-refractivity contribution is 7.99. The fourth-order valence-electron chi connectivity index (χ4n) is 8.49. The number of phenolic OH excluding ortho intramolecular Hbond substituents is 2. The highest BCUT2D eigenvalue weighted by Gasteiger charge is 2.24. The number of nitrogens with zero attached hydrogens (tertiary/aromatic N) is 2. The van der Waals surface area contributed by atoms with Gasteiger partial charge < -0.3 is 19.3 Å². The molecule has 56 heavy (non-hydrogen) atoms. The van der Waals surface area contributed by atoms with Gasteiger partial charge in [-0.25, -0.2) is 0 Å². The Balaban J connectivity index is 1.29. The van der Waals surface area contributed by atoms with Gasteiger partial charge >= 0.3 is 0 Å². The zero-order chi connectivity index (χ0) is 38.5. The Morgan fingerprint density at radius 2 is 0.786 bits per heavy atom. The van der Waals surface area contributed by atoms with Gasteiger partial charge in [0, 0.05) is 37.6 Å². The van der Waals surface area contributed by atoms with Crippen LogP contribution in [0.4, 0.5) is 0 Å². The molecule has 2 N–H and O–H groups in total. The quantitative estimate of drug-likeness (QED) is 0.107. The molecule has 0 saturated heterocycles. The minimum Gasteiger partial charge on any atom is -0.505 e. The third kappa shape index (κ3) is 6.12. The first-order chi connectivity index (χ1) is 27.3. The summed E-state index contributed by atoms with van der Waals surface area (Å²) in [7, 11) is 0. The standard InChI is InChI=1S/C50H44N2O2S2/c1-31-27-40(38-25-32(2)29-46(48(38)53)51-42-19-9-5-15-34(42)35-16-6-10-20-43(35)51)50(56-24-14-13-23-55-4)41(28-31)39-26-33(3)30-47(49(39)54)52-44-21-11-7-17-36(44)37-18-8-12-22-45(37)52/h5-12,15-22,25-30,53-54H,13-14,23-24H2,1-4H3. The molecule has 0 amide bonds. The third-order valence-corrected chi connectivity index (χ3v) is 12.8. The van der Waals surface area contributed by atoms with Crippen molar-refractivity contribution in [3.63, 3.8) is 0 Å². The van der Waals surface area contributed by atoms with Gasteiger partial charge in [-0.2, -0.15) is 11.8 Å². The molecule has 0 saturated carbocycles. The second kappa shape index (κ2) is 14.8. The molecule has 0 radical (unpaired) electrons. The highest BCUT2D eigenvalue weighted by Crippen LogP contribution is 2.49. The van der Waals surface area contributed by atoms with Gasteiger partial charge in [0.05, 0.1) is 33.4 Å². The number of benzene rings is 7. The lowest BCUT2D eigenvalue weighted by Gasteiger charge is -2.22. The maximum absolute atomic E-state index is 12.6. The molecule has 0 atom stereocenters. The van der Waals surface area contributed by atoms with Crippen LogP contribution in [-0.4, -0.2) is 37.1 Å². The Hall–Kier alpha value is -5.56. The lowest BCUT2D eigenvalue weighted by Crippen LogP contribution is -2.00. The molecular weight excluding hydrogens is 725 g/mol. The van der Waals surface area contributed by atoms with E-state index in [9.17, 15) is 10.2 Å². The van der Waals surface area contributed by atoms with Crippen LogP contribution < -0.4 is 0 Å². The minimum absolute atomic E-state index is 0.238. The number of aromatic hydroxyl groups is 2. The first-order valence-electron chi connectivity index (χ1n) is 19.3. The van der Waals surface area contributed by atoms with Crippen LogP contribution in [0, 0.1) is 20.8 Å². The van der Waals surface area contributed by atoms with Crippen molar-refractivity contribution in [3.8, 4) is 45.1 Å². The fourth-order valence-corrected chi connectivity index (χ4v) is 10.2. The molecule has 0 aliphatic carbocycles. The van der Waals surface area contributed by atoms with Crippen molar-refractivity contribution < 1.29 is 10.2 Å². The van der Waals surface area contributed by atoms with Crippen molar-refractivity contribution in [1.29, 1.82) is 0 Å². The normalized spacial score (nSPS) is 11.8. The number of aryl methyl sites for hydroxylation is 3. The molecule has 9 rings (SSSR count). The van der Waals surface area contributed by atoms with E-state index in [0.29, 0.717) is 0 Å². The van der Waals surface area contributed by atoms with Gasteiger partial charge in [-0.05, 0) is 128 Å². The maximum atomic E-state index is 12.6. The fraction of sp³-hybridized carbons (Fsp3) is 0.160. The SMILES string of the molecule is CSCCCCSc1c(-c2cc(C)cc(-n3c4ccccc4c4ccccc43)c2O)cc(C)cc1-c1cc(C)cc(-n2c3ccccc3c3ccccc32)c1O. The second-order valence-corrected chi connectivity index (χ2v) is 16.9. The Morgan fingerprint density at radius 1 is 0.446 bits per heavy atom. The molecule has 9 aromatic rings. The molecule has 278 valence electrons. The van der Waals surface area contributed by atoms with Gasteiger partial charge in [-0.3, -0.25) is 0 Å². The van der Waals surface area contributed by atoms with Gasteiger partial charge in [0.1, 0.15) is 11.5 Å². The third-order valence-electron chi connectivity index (χ3n) is 10.9. The highest BCUT2D eigenvalue weighted by atomic mass is 32.2. The summed E-state index contributed by atoms with van der Waals surface area (Å²) in [5.74, 6) is 2.52. The molecule has 0 bridgehead atoms. The number of thioether (sulfide) groups is 2. The van der Waals surface area contributed by atoms with E-state index in [0.717, 1.165) is 123 Å². The lowest BCUT2D eigenvalue weighted by molar-refractivity contribution is 0.475. The second-order valence-electron chi connectivity index (χ2n) is 14.8. The van der Waals surface area contributed by atoms with E-state index in [-0.39, 0.29) is 11.5 Å². The van der Waals surface area contributed by atoms with Crippen molar-refractivity contribution in [3.05, 3.63) is 150 Å². The molecule has 2 aromatic heterocycles. The average Bonchev–Trinajstić information content (AvgIpc) is 3.72. The van der Waals surface area contributed by atoms with Gasteiger partial charge in [0.2, 0.25) is 0 Å². The van der Waals surface area contributed by atoms with Crippen LogP contribution in [0.1, 0.15) is 29.5 Å². The molecule has 0 aliphatic heterocycles. The van der Waals surface area contributed by atoms with E-state index in [4.69, 9.17) is 0 Å². The number of fused-ring (bicyclic) bond motifs is 6. The maximum Gasteiger partial charge on any atom is 0.147 e. The number of aromatic nitrogens is 2. The van der Waals surface area contributed by atoms with E-state index in [1.807, 2.05) is 23.5 Å². The van der Waals surface area contributed by atoms with E-state index >= 15 is 0 Å². The molecule has 0 spiro atoms. The Labute approximate surface area is 336 Å². The smallest absolute Gasteiger partial charge is 0.147 e. The average molecular weight is 769 g/mol. The zero-order valence-electron chi connectivity index (χ0n) is 32.1. The van der Waals surface area contributed by atoms with E-state index in [1.54, 1.807) is 0 Å². The van der Waals surface area contributed by atoms with Gasteiger partial charge in [0.25, 0.3) is 0 Å². The van der Waals surface area contributed by atoms with E-state index in [2.05, 4.69) is 170 Å². The molecule has 0 unspecified atom stereocenters. The van der Waals surface area contributed by atoms with Crippen molar-refractivity contribution >= 4 is 67.1 Å². The minimum atomic E-state index is 0.238. The van der Waals surface area contributed by atoms with Crippen LogP contribution in [0.2, 0.25) is 0 Å². The molecule has 4 nitrogen and oxygen atoms in total. The van der Waals surface area contributed by atoms with Gasteiger partial charge in [-0.1, -0.05) is 84.9 Å². The monoisotopic (exact) mass is 768 g/mol. The van der Waals surface area contributed by atoms with Gasteiger partial charge in [0.15, 0.2) is 0 Å². The largest absolute Gasteiger partial charge is 0.505 e. The Kier molecular flexibility index (Phi) is 9.56. The molecule has 7 aromatic carbocycles. The van der Waals surface area contributed by atoms with Crippen LogP contribution in [0.15, 0.2) is 138 Å². The zero-order valence-corrected chi connectivity index (χ0v) is 33.8. The van der Waals surface area contributed by atoms with Crippen LogP contribution in [0.5, 0.6) is 11.5 Å². The number of rotatable bonds is 10.